The number of fused-ring (bicyclic) bond motifs is 1. The largest absolute Gasteiger partial charge is 0.434 e. The average Bonchev–Trinajstić information content (AvgIpc) is 3.23. The Morgan fingerprint density at radius 1 is 1.50 bits per heavy atom. The molecule has 26 heavy (non-hydrogen) atoms. The number of rotatable bonds is 4. The number of ether oxygens (including phenoxy) is 1. The fraction of sp³-hybridized carbons (Fsp3) is 0.765. The third-order valence-corrected chi connectivity index (χ3v) is 5.13. The van der Waals surface area contributed by atoms with Gasteiger partial charge in [0.1, 0.15) is 5.82 Å². The van der Waals surface area contributed by atoms with Crippen LogP contribution in [0, 0.1) is 5.92 Å². The third kappa shape index (κ3) is 4.31. The van der Waals surface area contributed by atoms with Crippen molar-refractivity contribution in [1.29, 1.82) is 0 Å². The van der Waals surface area contributed by atoms with Crippen LogP contribution in [-0.2, 0) is 23.9 Å². The highest BCUT2D eigenvalue weighted by atomic mass is 19.4. The molecule has 146 valence electrons. The normalized spacial score (nSPS) is 24.2. The van der Waals surface area contributed by atoms with Crippen molar-refractivity contribution in [3.63, 3.8) is 0 Å². The number of imidazole rings is 1. The predicted octanol–water partition coefficient (Wildman–Crippen LogP) is 2.67. The first-order chi connectivity index (χ1) is 12.2. The van der Waals surface area contributed by atoms with Gasteiger partial charge in [-0.1, -0.05) is 0 Å². The molecule has 0 bridgehead atoms. The molecule has 2 aliphatic heterocycles. The molecule has 0 radical (unpaired) electrons. The van der Waals surface area contributed by atoms with E-state index in [0.29, 0.717) is 31.8 Å². The summed E-state index contributed by atoms with van der Waals surface area (Å²) in [5.74, 6) is 0.569. The van der Waals surface area contributed by atoms with Crippen LogP contribution in [0.1, 0.15) is 37.7 Å². The van der Waals surface area contributed by atoms with Gasteiger partial charge in [-0.25, -0.2) is 9.78 Å². The molecule has 1 aromatic rings. The van der Waals surface area contributed by atoms with Gasteiger partial charge in [0.15, 0.2) is 5.69 Å². The zero-order valence-electron chi connectivity index (χ0n) is 15.1. The number of aryl methyl sites for hydroxylation is 1. The summed E-state index contributed by atoms with van der Waals surface area (Å²) in [7, 11) is 1.71. The number of hydrogen-bond acceptors (Lipinski definition) is 3. The molecule has 6 nitrogen and oxygen atoms in total. The van der Waals surface area contributed by atoms with Crippen molar-refractivity contribution in [2.75, 3.05) is 20.2 Å². The molecule has 2 aliphatic rings. The van der Waals surface area contributed by atoms with Crippen molar-refractivity contribution < 1.29 is 22.7 Å². The minimum Gasteiger partial charge on any atom is -0.376 e. The van der Waals surface area contributed by atoms with Crippen LogP contribution in [0.15, 0.2) is 6.20 Å². The van der Waals surface area contributed by atoms with Gasteiger partial charge in [0.25, 0.3) is 0 Å². The minimum absolute atomic E-state index is 0.0522. The molecule has 1 N–H and O–H groups in total. The SMILES string of the molecule is C[C@H](NC(=O)N(C)C[C@H]1CCc2nc(C(F)(F)F)cn2C1)[C@H]1CCCO1. The van der Waals surface area contributed by atoms with Crippen molar-refractivity contribution >= 4 is 6.03 Å². The molecule has 3 atom stereocenters. The maximum atomic E-state index is 12.8. The lowest BCUT2D eigenvalue weighted by Crippen LogP contribution is -2.48. The highest BCUT2D eigenvalue weighted by Gasteiger charge is 2.36. The van der Waals surface area contributed by atoms with Gasteiger partial charge >= 0.3 is 12.2 Å². The van der Waals surface area contributed by atoms with E-state index in [0.717, 1.165) is 25.6 Å². The number of urea groups is 1. The molecule has 3 rings (SSSR count). The Kier molecular flexibility index (Phi) is 5.45. The lowest BCUT2D eigenvalue weighted by atomic mass is 9.99. The first kappa shape index (κ1) is 19.0. The lowest BCUT2D eigenvalue weighted by molar-refractivity contribution is -0.141. The van der Waals surface area contributed by atoms with E-state index in [1.165, 1.54) is 0 Å². The quantitative estimate of drug-likeness (QED) is 0.882. The highest BCUT2D eigenvalue weighted by Crippen LogP contribution is 2.30. The summed E-state index contributed by atoms with van der Waals surface area (Å²) >= 11 is 0. The van der Waals surface area contributed by atoms with E-state index in [4.69, 9.17) is 4.74 Å². The van der Waals surface area contributed by atoms with E-state index in [-0.39, 0.29) is 24.1 Å². The average molecular weight is 374 g/mol. The highest BCUT2D eigenvalue weighted by molar-refractivity contribution is 5.74. The number of nitrogens with one attached hydrogen (secondary N) is 1. The molecule has 3 heterocycles. The molecular weight excluding hydrogens is 349 g/mol. The summed E-state index contributed by atoms with van der Waals surface area (Å²) in [5, 5.41) is 2.95. The van der Waals surface area contributed by atoms with Gasteiger partial charge in [-0.05, 0) is 32.1 Å². The van der Waals surface area contributed by atoms with Crippen LogP contribution in [0.2, 0.25) is 0 Å². The molecule has 0 aromatic carbocycles. The van der Waals surface area contributed by atoms with E-state index in [2.05, 4.69) is 10.3 Å². The Labute approximate surface area is 150 Å². The van der Waals surface area contributed by atoms with Gasteiger partial charge in [-0.3, -0.25) is 0 Å². The monoisotopic (exact) mass is 374 g/mol. The number of amides is 2. The van der Waals surface area contributed by atoms with E-state index in [1.807, 2.05) is 6.92 Å². The van der Waals surface area contributed by atoms with Crippen LogP contribution in [0.4, 0.5) is 18.0 Å². The molecule has 1 fully saturated rings. The van der Waals surface area contributed by atoms with Gasteiger partial charge in [0.2, 0.25) is 0 Å². The zero-order chi connectivity index (χ0) is 18.9. The number of carbonyl (C=O) groups excluding carboxylic acids is 1. The molecule has 9 heteroatoms. The van der Waals surface area contributed by atoms with E-state index in [9.17, 15) is 18.0 Å². The number of hydrogen-bond donors (Lipinski definition) is 1. The van der Waals surface area contributed by atoms with Crippen LogP contribution in [0.3, 0.4) is 0 Å². The Bertz CT molecular complexity index is 640. The molecular formula is C17H25F3N4O2. The van der Waals surface area contributed by atoms with Gasteiger partial charge < -0.3 is 19.5 Å². The number of carbonyl (C=O) groups is 1. The number of alkyl halides is 3. The Balaban J connectivity index is 1.52. The number of aromatic nitrogens is 2. The summed E-state index contributed by atoms with van der Waals surface area (Å²) in [4.78, 5) is 17.6. The fourth-order valence-electron chi connectivity index (χ4n) is 3.67. The van der Waals surface area contributed by atoms with Crippen LogP contribution >= 0.6 is 0 Å². The maximum absolute atomic E-state index is 12.8. The van der Waals surface area contributed by atoms with E-state index in [1.54, 1.807) is 16.5 Å². The molecule has 2 amide bonds. The summed E-state index contributed by atoms with van der Waals surface area (Å²) in [5.41, 5.74) is -0.843. The van der Waals surface area contributed by atoms with Gasteiger partial charge in [-0.2, -0.15) is 13.2 Å². The van der Waals surface area contributed by atoms with Crippen molar-refractivity contribution in [2.45, 2.75) is 57.5 Å². The topological polar surface area (TPSA) is 59.4 Å². The summed E-state index contributed by atoms with van der Waals surface area (Å²) < 4.78 is 45.5. The minimum atomic E-state index is -4.42. The van der Waals surface area contributed by atoms with Crippen LogP contribution in [0.25, 0.3) is 0 Å². The predicted molar refractivity (Wildman–Crippen MR) is 88.6 cm³/mol. The van der Waals surface area contributed by atoms with E-state index >= 15 is 0 Å². The van der Waals surface area contributed by atoms with Crippen molar-refractivity contribution in [2.24, 2.45) is 5.92 Å². The standard InChI is InChI=1S/C17H25F3N4O2/c1-11(13-4-3-7-26-13)21-16(25)23(2)8-12-5-6-15-22-14(17(18,19)20)10-24(15)9-12/h10-13H,3-9H2,1-2H3,(H,21,25)/t11-,12+,13+/m0/s1. The second-order valence-electron chi connectivity index (χ2n) is 7.27. The first-order valence-electron chi connectivity index (χ1n) is 9.00. The Morgan fingerprint density at radius 3 is 2.92 bits per heavy atom. The summed E-state index contributed by atoms with van der Waals surface area (Å²) in [6.07, 6.45) is -0.142. The van der Waals surface area contributed by atoms with Gasteiger partial charge in [-0.15, -0.1) is 0 Å². The lowest BCUT2D eigenvalue weighted by Gasteiger charge is -2.29. The van der Waals surface area contributed by atoms with Crippen molar-refractivity contribution in [3.8, 4) is 0 Å². The Morgan fingerprint density at radius 2 is 2.27 bits per heavy atom. The maximum Gasteiger partial charge on any atom is 0.434 e. The molecule has 0 unspecified atom stereocenters. The zero-order valence-corrected chi connectivity index (χ0v) is 15.1. The van der Waals surface area contributed by atoms with E-state index < -0.39 is 11.9 Å². The molecule has 0 saturated carbocycles. The van der Waals surface area contributed by atoms with Gasteiger partial charge in [0.05, 0.1) is 12.1 Å². The molecule has 0 spiro atoms. The smallest absolute Gasteiger partial charge is 0.376 e. The third-order valence-electron chi connectivity index (χ3n) is 5.13. The van der Waals surface area contributed by atoms with Crippen LogP contribution < -0.4 is 5.32 Å². The van der Waals surface area contributed by atoms with Crippen molar-refractivity contribution in [1.82, 2.24) is 19.8 Å². The summed E-state index contributed by atoms with van der Waals surface area (Å²) in [6.45, 7) is 3.59. The summed E-state index contributed by atoms with van der Waals surface area (Å²) in [6, 6.07) is -0.242. The second-order valence-corrected chi connectivity index (χ2v) is 7.27. The van der Waals surface area contributed by atoms with Crippen LogP contribution in [0.5, 0.6) is 0 Å². The second kappa shape index (κ2) is 7.46. The molecule has 1 aromatic heterocycles. The van der Waals surface area contributed by atoms with Crippen molar-refractivity contribution in [3.05, 3.63) is 17.7 Å². The first-order valence-corrected chi connectivity index (χ1v) is 9.00. The van der Waals surface area contributed by atoms with Gasteiger partial charge in [0, 0.05) is 39.4 Å². The fourth-order valence-corrected chi connectivity index (χ4v) is 3.67. The Hall–Kier alpha value is -1.77. The molecule has 0 aliphatic carbocycles. The number of halogens is 3. The molecule has 1 saturated heterocycles. The number of nitrogens with zero attached hydrogens (tertiary/aromatic N) is 3. The van der Waals surface area contributed by atoms with Crippen LogP contribution in [-0.4, -0.2) is 52.8 Å².